The smallest absolute Gasteiger partial charge is 0.475 e. The van der Waals surface area contributed by atoms with Crippen molar-refractivity contribution in [2.45, 2.75) is 82.8 Å². The van der Waals surface area contributed by atoms with Gasteiger partial charge in [0.15, 0.2) is 0 Å². The van der Waals surface area contributed by atoms with Crippen LogP contribution in [0.1, 0.15) is 73.4 Å². The van der Waals surface area contributed by atoms with Crippen molar-refractivity contribution in [2.24, 2.45) is 11.7 Å². The number of nitrogens with two attached hydrogens (primary N) is 1. The Morgan fingerprint density at radius 2 is 1.57 bits per heavy atom. The highest BCUT2D eigenvalue weighted by atomic mass is 19.4. The Bertz CT molecular complexity index is 1290. The van der Waals surface area contributed by atoms with Gasteiger partial charge < -0.3 is 20.8 Å². The van der Waals surface area contributed by atoms with E-state index in [1.165, 1.54) is 23.1 Å². The summed E-state index contributed by atoms with van der Waals surface area (Å²) in [5, 5.41) is 17.7. The number of aliphatic carboxylic acids is 1. The molecule has 0 radical (unpaired) electrons. The van der Waals surface area contributed by atoms with E-state index in [0.29, 0.717) is 30.1 Å². The molecule has 0 spiro atoms. The molecule has 2 amide bonds. The molecule has 2 heterocycles. The number of nitrogens with zero attached hydrogens (tertiary/aromatic N) is 2. The van der Waals surface area contributed by atoms with E-state index in [0.717, 1.165) is 31.2 Å². The minimum Gasteiger partial charge on any atom is -0.475 e. The van der Waals surface area contributed by atoms with E-state index >= 15 is 0 Å². The fourth-order valence-electron chi connectivity index (χ4n) is 5.99. The van der Waals surface area contributed by atoms with Crippen molar-refractivity contribution in [3.63, 3.8) is 0 Å². The number of hydrogen-bond acceptors (Lipinski definition) is 5. The number of carboxylic acid groups (broad SMARTS) is 1. The molecule has 2 aromatic rings. The number of hydrogen-bond donors (Lipinski definition) is 3. The number of carbonyl (C=O) groups excluding carboxylic acids is 2. The monoisotopic (exact) mass is 627 g/mol. The maximum absolute atomic E-state index is 14.4. The van der Waals surface area contributed by atoms with Gasteiger partial charge in [-0.1, -0.05) is 32.0 Å². The molecule has 44 heavy (non-hydrogen) atoms. The number of rotatable bonds is 10. The van der Waals surface area contributed by atoms with Crippen LogP contribution in [0.25, 0.3) is 0 Å². The fraction of sp³-hybridized carbons (Fsp3) is 0.516. The number of aliphatic hydroxyl groups is 1. The number of aliphatic hydroxyl groups excluding tert-OH is 1. The van der Waals surface area contributed by atoms with Crippen molar-refractivity contribution in [3.05, 3.63) is 70.8 Å². The molecule has 2 aliphatic heterocycles. The third-order valence-corrected chi connectivity index (χ3v) is 8.10. The summed E-state index contributed by atoms with van der Waals surface area (Å²) >= 11 is 0. The van der Waals surface area contributed by atoms with E-state index in [9.17, 15) is 36.6 Å². The molecule has 8 nitrogen and oxygen atoms in total. The summed E-state index contributed by atoms with van der Waals surface area (Å²) in [7, 11) is 0. The van der Waals surface area contributed by atoms with Gasteiger partial charge in [-0.05, 0) is 73.8 Å². The SMILES string of the molecule is CC(C)C[C@H](O)C(=O)N(CCN1[C@@H]2CC[C@H]1CC(c1cccc(C(N)=O)c1)C2)Cc1c(F)cccc1F.O=C(O)C(F)(F)F. The zero-order valence-corrected chi connectivity index (χ0v) is 24.6. The Morgan fingerprint density at radius 1 is 1.02 bits per heavy atom. The summed E-state index contributed by atoms with van der Waals surface area (Å²) in [6.45, 7) is 4.45. The lowest BCUT2D eigenvalue weighted by Crippen LogP contribution is -2.48. The summed E-state index contributed by atoms with van der Waals surface area (Å²) in [4.78, 5) is 37.5. The van der Waals surface area contributed by atoms with Gasteiger partial charge in [0.2, 0.25) is 5.91 Å². The number of benzene rings is 2. The molecule has 2 aromatic carbocycles. The summed E-state index contributed by atoms with van der Waals surface area (Å²) in [5.41, 5.74) is 6.94. The molecule has 0 aromatic heterocycles. The van der Waals surface area contributed by atoms with Gasteiger partial charge in [0.05, 0.1) is 6.54 Å². The van der Waals surface area contributed by atoms with Crippen LogP contribution in [0.4, 0.5) is 22.0 Å². The van der Waals surface area contributed by atoms with Crippen molar-refractivity contribution in [1.82, 2.24) is 9.80 Å². The number of amides is 2. The predicted molar refractivity (Wildman–Crippen MR) is 151 cm³/mol. The first-order chi connectivity index (χ1) is 20.6. The lowest BCUT2D eigenvalue weighted by Gasteiger charge is -2.40. The Morgan fingerprint density at radius 3 is 2.07 bits per heavy atom. The number of halogens is 5. The van der Waals surface area contributed by atoms with Crippen LogP contribution in [0.15, 0.2) is 42.5 Å². The molecule has 242 valence electrons. The molecule has 2 saturated heterocycles. The molecule has 4 rings (SSSR count). The lowest BCUT2D eigenvalue weighted by molar-refractivity contribution is -0.192. The van der Waals surface area contributed by atoms with E-state index < -0.39 is 41.7 Å². The third-order valence-electron chi connectivity index (χ3n) is 8.10. The fourth-order valence-corrected chi connectivity index (χ4v) is 5.99. The van der Waals surface area contributed by atoms with E-state index in [-0.39, 0.29) is 31.0 Å². The number of piperidine rings is 1. The molecule has 0 aliphatic carbocycles. The summed E-state index contributed by atoms with van der Waals surface area (Å²) in [6, 6.07) is 11.9. The second-order valence-electron chi connectivity index (χ2n) is 11.7. The highest BCUT2D eigenvalue weighted by Crippen LogP contribution is 2.43. The van der Waals surface area contributed by atoms with Crippen molar-refractivity contribution in [1.29, 1.82) is 0 Å². The van der Waals surface area contributed by atoms with E-state index in [2.05, 4.69) is 4.90 Å². The minimum absolute atomic E-state index is 0.105. The highest BCUT2D eigenvalue weighted by molar-refractivity contribution is 5.92. The van der Waals surface area contributed by atoms with Crippen LogP contribution >= 0.6 is 0 Å². The Labute approximate surface area is 252 Å². The van der Waals surface area contributed by atoms with Gasteiger partial charge in [0, 0.05) is 36.3 Å². The van der Waals surface area contributed by atoms with Crippen molar-refractivity contribution in [2.75, 3.05) is 13.1 Å². The second-order valence-corrected chi connectivity index (χ2v) is 11.7. The van der Waals surface area contributed by atoms with Crippen LogP contribution in [-0.2, 0) is 16.1 Å². The van der Waals surface area contributed by atoms with Crippen LogP contribution in [0.2, 0.25) is 0 Å². The first-order valence-corrected chi connectivity index (χ1v) is 14.4. The molecule has 2 fully saturated rings. The minimum atomic E-state index is -5.08. The van der Waals surface area contributed by atoms with Gasteiger partial charge in [-0.15, -0.1) is 0 Å². The molecule has 4 atom stereocenters. The zero-order chi connectivity index (χ0) is 32.8. The molecular formula is C31H38F5N3O5. The van der Waals surface area contributed by atoms with Gasteiger partial charge >= 0.3 is 12.1 Å². The largest absolute Gasteiger partial charge is 0.490 e. The molecule has 1 unspecified atom stereocenters. The third kappa shape index (κ3) is 9.21. The maximum atomic E-state index is 14.4. The van der Waals surface area contributed by atoms with Gasteiger partial charge in [0.1, 0.15) is 17.7 Å². The Hall–Kier alpha value is -3.58. The van der Waals surface area contributed by atoms with E-state index in [1.807, 2.05) is 32.0 Å². The van der Waals surface area contributed by atoms with Crippen LogP contribution in [0, 0.1) is 17.6 Å². The van der Waals surface area contributed by atoms with Gasteiger partial charge in [-0.3, -0.25) is 14.5 Å². The van der Waals surface area contributed by atoms with E-state index in [1.54, 1.807) is 6.07 Å². The summed E-state index contributed by atoms with van der Waals surface area (Å²) in [5.74, 6) is -4.65. The van der Waals surface area contributed by atoms with Gasteiger partial charge in [-0.25, -0.2) is 13.6 Å². The summed E-state index contributed by atoms with van der Waals surface area (Å²) < 4.78 is 60.6. The Kier molecular flexibility index (Phi) is 11.8. The molecule has 2 bridgehead atoms. The molecule has 2 aliphatic rings. The molecular weight excluding hydrogens is 589 g/mol. The second kappa shape index (κ2) is 14.9. The Balaban J connectivity index is 0.000000676. The van der Waals surface area contributed by atoms with Crippen molar-refractivity contribution < 1.29 is 46.5 Å². The van der Waals surface area contributed by atoms with Crippen LogP contribution in [0.5, 0.6) is 0 Å². The predicted octanol–water partition coefficient (Wildman–Crippen LogP) is 4.84. The van der Waals surface area contributed by atoms with Crippen LogP contribution < -0.4 is 5.73 Å². The van der Waals surface area contributed by atoms with Gasteiger partial charge in [-0.2, -0.15) is 13.2 Å². The number of carbonyl (C=O) groups is 3. The topological polar surface area (TPSA) is 124 Å². The van der Waals surface area contributed by atoms with Crippen molar-refractivity contribution in [3.8, 4) is 0 Å². The number of carboxylic acids is 1. The first-order valence-electron chi connectivity index (χ1n) is 14.4. The highest BCUT2D eigenvalue weighted by Gasteiger charge is 2.41. The first kappa shape index (κ1) is 34.9. The van der Waals surface area contributed by atoms with Crippen molar-refractivity contribution >= 4 is 17.8 Å². The average Bonchev–Trinajstić information content (AvgIpc) is 3.17. The quantitative estimate of drug-likeness (QED) is 0.324. The number of alkyl halides is 3. The summed E-state index contributed by atoms with van der Waals surface area (Å²) in [6.07, 6.45) is -2.05. The standard InChI is InChI=1S/C29H37F2N3O3.C2HF3O2/c1-18(2)13-27(35)29(37)33(17-24-25(30)7-4-8-26(24)31)11-12-34-22-9-10-23(34)16-21(15-22)19-5-3-6-20(14-19)28(32)36;3-2(4,5)1(6)7/h3-8,14,18,21-23,27,35H,9-13,15-17H2,1-2H3,(H2,32,36);(H,6,7)/t21?,22-,23+,27-;/m0./s1. The zero-order valence-electron chi connectivity index (χ0n) is 24.6. The van der Waals surface area contributed by atoms with Gasteiger partial charge in [0.25, 0.3) is 5.91 Å². The normalized spacial score (nSPS) is 20.5. The molecule has 13 heteroatoms. The number of fused-ring (bicyclic) bond motifs is 2. The maximum Gasteiger partial charge on any atom is 0.490 e. The molecule has 0 saturated carbocycles. The van der Waals surface area contributed by atoms with Crippen LogP contribution in [-0.4, -0.2) is 75.2 Å². The molecule has 4 N–H and O–H groups in total. The number of primary amides is 1. The average molecular weight is 628 g/mol. The lowest BCUT2D eigenvalue weighted by atomic mass is 9.84. The van der Waals surface area contributed by atoms with E-state index in [4.69, 9.17) is 15.6 Å². The van der Waals surface area contributed by atoms with Crippen LogP contribution in [0.3, 0.4) is 0 Å².